The molecule has 0 saturated carbocycles. The number of amides is 1. The Labute approximate surface area is 131 Å². The molecule has 0 aliphatic carbocycles. The lowest BCUT2D eigenvalue weighted by Gasteiger charge is -2.13. The second-order valence-electron chi connectivity index (χ2n) is 4.29. The van der Waals surface area contributed by atoms with E-state index in [1.165, 1.54) is 4.90 Å². The fourth-order valence-electron chi connectivity index (χ4n) is 1.73. The molecule has 0 aliphatic rings. The minimum Gasteiger partial charge on any atom is -0.481 e. The maximum atomic E-state index is 12.1. The highest BCUT2D eigenvalue weighted by atomic mass is 79.9. The second kappa shape index (κ2) is 5.97. The van der Waals surface area contributed by atoms with E-state index in [9.17, 15) is 9.59 Å². The molecule has 106 valence electrons. The Morgan fingerprint density at radius 3 is 2.65 bits per heavy atom. The van der Waals surface area contributed by atoms with E-state index in [1.807, 2.05) is 12.1 Å². The minimum absolute atomic E-state index is 0.0995. The molecule has 1 aromatic heterocycles. The lowest BCUT2D eigenvalue weighted by molar-refractivity contribution is -0.137. The number of fused-ring (bicyclic) bond motifs is 1. The molecule has 0 bridgehead atoms. The highest BCUT2D eigenvalue weighted by Gasteiger charge is 2.18. The van der Waals surface area contributed by atoms with Gasteiger partial charge in [-0.2, -0.15) is 0 Å². The Morgan fingerprint density at radius 2 is 2.00 bits per heavy atom. The highest BCUT2D eigenvalue weighted by molar-refractivity contribution is 9.11. The van der Waals surface area contributed by atoms with Gasteiger partial charge in [-0.25, -0.2) is 0 Å². The molecular weight excluding hydrogens is 394 g/mol. The van der Waals surface area contributed by atoms with Gasteiger partial charge in [-0.1, -0.05) is 15.9 Å². The summed E-state index contributed by atoms with van der Waals surface area (Å²) in [6.07, 6.45) is -0.0995. The molecule has 1 amide bonds. The van der Waals surface area contributed by atoms with E-state index in [0.29, 0.717) is 5.58 Å². The summed E-state index contributed by atoms with van der Waals surface area (Å²) in [4.78, 5) is 24.0. The molecule has 0 atom stereocenters. The van der Waals surface area contributed by atoms with Crippen molar-refractivity contribution in [2.24, 2.45) is 0 Å². The van der Waals surface area contributed by atoms with Gasteiger partial charge < -0.3 is 14.4 Å². The normalized spacial score (nSPS) is 10.8. The molecule has 0 radical (unpaired) electrons. The molecule has 0 saturated heterocycles. The smallest absolute Gasteiger partial charge is 0.305 e. The monoisotopic (exact) mass is 403 g/mol. The largest absolute Gasteiger partial charge is 0.481 e. The fourth-order valence-corrected chi connectivity index (χ4v) is 3.07. The zero-order valence-corrected chi connectivity index (χ0v) is 13.7. The SMILES string of the molecule is CN(CCC(=O)O)C(=O)c1cc2cc(Br)cc(Br)c2o1. The number of benzene rings is 1. The van der Waals surface area contributed by atoms with Crippen molar-refractivity contribution in [3.63, 3.8) is 0 Å². The summed E-state index contributed by atoms with van der Waals surface area (Å²) in [7, 11) is 1.55. The number of carbonyl (C=O) groups is 2. The first-order valence-electron chi connectivity index (χ1n) is 5.74. The van der Waals surface area contributed by atoms with Gasteiger partial charge in [0.15, 0.2) is 5.76 Å². The molecule has 0 fully saturated rings. The number of aliphatic carboxylic acids is 1. The average molecular weight is 405 g/mol. The molecule has 0 spiro atoms. The predicted molar refractivity (Wildman–Crippen MR) is 80.8 cm³/mol. The molecule has 2 rings (SSSR count). The van der Waals surface area contributed by atoms with Crippen LogP contribution >= 0.6 is 31.9 Å². The van der Waals surface area contributed by atoms with Crippen molar-refractivity contribution in [2.75, 3.05) is 13.6 Å². The van der Waals surface area contributed by atoms with Crippen LogP contribution in [0.15, 0.2) is 31.6 Å². The molecule has 5 nitrogen and oxygen atoms in total. The molecule has 0 aliphatic heterocycles. The predicted octanol–water partition coefficient (Wildman–Crippen LogP) is 3.50. The number of carbonyl (C=O) groups excluding carboxylic acids is 1. The molecule has 1 aromatic carbocycles. The third kappa shape index (κ3) is 3.21. The van der Waals surface area contributed by atoms with E-state index in [1.54, 1.807) is 13.1 Å². The summed E-state index contributed by atoms with van der Waals surface area (Å²) < 4.78 is 7.15. The number of nitrogens with zero attached hydrogens (tertiary/aromatic N) is 1. The summed E-state index contributed by atoms with van der Waals surface area (Å²) in [5, 5.41) is 9.42. The van der Waals surface area contributed by atoms with Crippen molar-refractivity contribution in [2.45, 2.75) is 6.42 Å². The maximum Gasteiger partial charge on any atom is 0.305 e. The molecule has 1 heterocycles. The Balaban J connectivity index is 2.26. The summed E-state index contributed by atoms with van der Waals surface area (Å²) in [5.41, 5.74) is 0.586. The van der Waals surface area contributed by atoms with Crippen LogP contribution in [-0.2, 0) is 4.79 Å². The topological polar surface area (TPSA) is 70.8 Å². The van der Waals surface area contributed by atoms with E-state index in [0.717, 1.165) is 14.3 Å². The van der Waals surface area contributed by atoms with Crippen molar-refractivity contribution >= 4 is 54.7 Å². The van der Waals surface area contributed by atoms with Gasteiger partial charge in [0.2, 0.25) is 0 Å². The molecule has 0 unspecified atom stereocenters. The van der Waals surface area contributed by atoms with Gasteiger partial charge in [-0.15, -0.1) is 0 Å². The van der Waals surface area contributed by atoms with Crippen LogP contribution in [0.2, 0.25) is 0 Å². The average Bonchev–Trinajstić information content (AvgIpc) is 2.78. The summed E-state index contributed by atoms with van der Waals surface area (Å²) >= 11 is 6.74. The van der Waals surface area contributed by atoms with Gasteiger partial charge in [-0.3, -0.25) is 9.59 Å². The van der Waals surface area contributed by atoms with Gasteiger partial charge >= 0.3 is 5.97 Å². The van der Waals surface area contributed by atoms with E-state index < -0.39 is 5.97 Å². The van der Waals surface area contributed by atoms with Gasteiger partial charge in [0, 0.05) is 23.5 Å². The van der Waals surface area contributed by atoms with Crippen molar-refractivity contribution in [1.82, 2.24) is 4.90 Å². The standard InChI is InChI=1S/C13H11Br2NO4/c1-16(3-2-11(17)18)13(19)10-5-7-4-8(14)6-9(15)12(7)20-10/h4-6H,2-3H2,1H3,(H,17,18). The van der Waals surface area contributed by atoms with Gasteiger partial charge in [0.05, 0.1) is 10.9 Å². The van der Waals surface area contributed by atoms with Crippen molar-refractivity contribution in [3.05, 3.63) is 32.9 Å². The Hall–Kier alpha value is -1.34. The third-order valence-corrected chi connectivity index (χ3v) is 3.80. The minimum atomic E-state index is -0.944. The van der Waals surface area contributed by atoms with Crippen LogP contribution in [0.4, 0.5) is 0 Å². The summed E-state index contributed by atoms with van der Waals surface area (Å²) in [5.74, 6) is -1.10. The Morgan fingerprint density at radius 1 is 1.30 bits per heavy atom. The van der Waals surface area contributed by atoms with Crippen LogP contribution in [0.5, 0.6) is 0 Å². The van der Waals surface area contributed by atoms with E-state index in [2.05, 4.69) is 31.9 Å². The first kappa shape index (κ1) is 15.1. The van der Waals surface area contributed by atoms with Crippen LogP contribution in [-0.4, -0.2) is 35.5 Å². The van der Waals surface area contributed by atoms with E-state index in [-0.39, 0.29) is 24.6 Å². The van der Waals surface area contributed by atoms with Crippen molar-refractivity contribution in [3.8, 4) is 0 Å². The van der Waals surface area contributed by atoms with Gasteiger partial charge in [-0.05, 0) is 34.1 Å². The van der Waals surface area contributed by atoms with Crippen LogP contribution in [0.25, 0.3) is 11.0 Å². The van der Waals surface area contributed by atoms with Crippen molar-refractivity contribution in [1.29, 1.82) is 0 Å². The number of furan rings is 1. The zero-order valence-electron chi connectivity index (χ0n) is 10.5. The highest BCUT2D eigenvalue weighted by Crippen LogP contribution is 2.31. The second-order valence-corrected chi connectivity index (χ2v) is 6.06. The summed E-state index contributed by atoms with van der Waals surface area (Å²) in [6, 6.07) is 5.32. The maximum absolute atomic E-state index is 12.1. The van der Waals surface area contributed by atoms with Gasteiger partial charge in [0.25, 0.3) is 5.91 Å². The fraction of sp³-hybridized carbons (Fsp3) is 0.231. The van der Waals surface area contributed by atoms with Gasteiger partial charge in [0.1, 0.15) is 5.58 Å². The number of hydrogen-bond donors (Lipinski definition) is 1. The van der Waals surface area contributed by atoms with Crippen molar-refractivity contribution < 1.29 is 19.1 Å². The molecule has 1 N–H and O–H groups in total. The first-order chi connectivity index (χ1) is 9.38. The number of hydrogen-bond acceptors (Lipinski definition) is 3. The Bertz CT molecular complexity index is 680. The molecule has 7 heteroatoms. The van der Waals surface area contributed by atoms with E-state index in [4.69, 9.17) is 9.52 Å². The number of halogens is 2. The first-order valence-corrected chi connectivity index (χ1v) is 7.33. The number of carboxylic acid groups (broad SMARTS) is 1. The van der Waals surface area contributed by atoms with E-state index >= 15 is 0 Å². The molecule has 20 heavy (non-hydrogen) atoms. The van der Waals surface area contributed by atoms with Crippen LogP contribution in [0, 0.1) is 0 Å². The zero-order chi connectivity index (χ0) is 14.9. The lowest BCUT2D eigenvalue weighted by atomic mass is 10.2. The molecular formula is C13H11Br2NO4. The Kier molecular flexibility index (Phi) is 4.49. The third-order valence-electron chi connectivity index (χ3n) is 2.75. The summed E-state index contributed by atoms with van der Waals surface area (Å²) in [6.45, 7) is 0.135. The number of carboxylic acids is 1. The van der Waals surface area contributed by atoms with Crippen LogP contribution in [0.1, 0.15) is 17.0 Å². The van der Waals surface area contributed by atoms with Crippen LogP contribution in [0.3, 0.4) is 0 Å². The lowest BCUT2D eigenvalue weighted by Crippen LogP contribution is -2.28. The van der Waals surface area contributed by atoms with Crippen LogP contribution < -0.4 is 0 Å². The quantitative estimate of drug-likeness (QED) is 0.846. The molecule has 2 aromatic rings. The number of rotatable bonds is 4.